The lowest BCUT2D eigenvalue weighted by Crippen LogP contribution is -2.11. The number of hydrogen-bond acceptors (Lipinski definition) is 3. The third kappa shape index (κ3) is 1.84. The van der Waals surface area contributed by atoms with Crippen LogP contribution >= 0.6 is 0 Å². The molecule has 0 fully saturated rings. The molecular weight excluding hydrogens is 154 g/mol. The second kappa shape index (κ2) is 3.69. The van der Waals surface area contributed by atoms with Gasteiger partial charge < -0.3 is 10.8 Å². The molecule has 0 saturated heterocycles. The van der Waals surface area contributed by atoms with Crippen molar-refractivity contribution in [3.05, 3.63) is 17.5 Å². The monoisotopic (exact) mass is 169 g/mol. The summed E-state index contributed by atoms with van der Waals surface area (Å²) < 4.78 is 0. The molecule has 0 saturated carbocycles. The van der Waals surface area contributed by atoms with E-state index >= 15 is 0 Å². The molecule has 0 aromatic carbocycles. The van der Waals surface area contributed by atoms with Crippen LogP contribution in [0.25, 0.3) is 0 Å². The summed E-state index contributed by atoms with van der Waals surface area (Å²) in [5.41, 5.74) is 6.94. The van der Waals surface area contributed by atoms with Crippen LogP contribution in [0.1, 0.15) is 37.3 Å². The van der Waals surface area contributed by atoms with Gasteiger partial charge in [0.1, 0.15) is 6.10 Å². The molecule has 1 rings (SSSR count). The Morgan fingerprint density at radius 1 is 1.67 bits per heavy atom. The molecule has 0 aliphatic carbocycles. The summed E-state index contributed by atoms with van der Waals surface area (Å²) in [4.78, 5) is 0. The number of nitrogens with two attached hydrogens (primary N) is 1. The van der Waals surface area contributed by atoms with Crippen molar-refractivity contribution < 1.29 is 5.11 Å². The van der Waals surface area contributed by atoms with Crippen molar-refractivity contribution in [1.29, 1.82) is 0 Å². The number of aliphatic hydroxyl groups is 1. The van der Waals surface area contributed by atoms with E-state index in [2.05, 4.69) is 24.0 Å². The van der Waals surface area contributed by atoms with Gasteiger partial charge in [-0.3, -0.25) is 5.10 Å². The Balaban J connectivity index is 2.77. The second-order valence-electron chi connectivity index (χ2n) is 3.15. The molecule has 0 bridgehead atoms. The van der Waals surface area contributed by atoms with Crippen LogP contribution in [-0.4, -0.2) is 21.8 Å². The Hall–Kier alpha value is -0.870. The van der Waals surface area contributed by atoms with Gasteiger partial charge in [0.2, 0.25) is 0 Å². The Morgan fingerprint density at radius 2 is 2.33 bits per heavy atom. The molecule has 1 unspecified atom stereocenters. The van der Waals surface area contributed by atoms with Crippen LogP contribution in [0.2, 0.25) is 0 Å². The van der Waals surface area contributed by atoms with Crippen molar-refractivity contribution in [1.82, 2.24) is 10.2 Å². The summed E-state index contributed by atoms with van der Waals surface area (Å²) in [7, 11) is 0. The molecule has 68 valence electrons. The molecule has 12 heavy (non-hydrogen) atoms. The average Bonchev–Trinajstić information content (AvgIpc) is 2.51. The molecule has 0 spiro atoms. The van der Waals surface area contributed by atoms with Crippen molar-refractivity contribution in [2.24, 2.45) is 5.73 Å². The number of hydrogen-bond donors (Lipinski definition) is 3. The van der Waals surface area contributed by atoms with Crippen molar-refractivity contribution >= 4 is 0 Å². The number of nitrogens with one attached hydrogen (secondary N) is 1. The van der Waals surface area contributed by atoms with Crippen molar-refractivity contribution in [2.75, 3.05) is 6.54 Å². The van der Waals surface area contributed by atoms with E-state index < -0.39 is 6.10 Å². The van der Waals surface area contributed by atoms with Gasteiger partial charge in [-0.05, 0) is 12.0 Å². The Kier molecular flexibility index (Phi) is 2.83. The van der Waals surface area contributed by atoms with Crippen LogP contribution in [0.5, 0.6) is 0 Å². The van der Waals surface area contributed by atoms with Crippen LogP contribution in [0.4, 0.5) is 0 Å². The number of aromatic amines is 1. The zero-order valence-corrected chi connectivity index (χ0v) is 7.41. The summed E-state index contributed by atoms with van der Waals surface area (Å²) in [6.07, 6.45) is -0.620. The van der Waals surface area contributed by atoms with E-state index in [-0.39, 0.29) is 6.54 Å². The highest BCUT2D eigenvalue weighted by molar-refractivity contribution is 5.13. The van der Waals surface area contributed by atoms with Gasteiger partial charge in [-0.15, -0.1) is 0 Å². The molecule has 0 aliphatic heterocycles. The first-order valence-corrected chi connectivity index (χ1v) is 4.08. The third-order valence-corrected chi connectivity index (χ3v) is 1.79. The fourth-order valence-corrected chi connectivity index (χ4v) is 0.946. The molecule has 4 N–H and O–H groups in total. The van der Waals surface area contributed by atoms with E-state index in [1.807, 2.05) is 6.07 Å². The highest BCUT2D eigenvalue weighted by Gasteiger charge is 2.10. The van der Waals surface area contributed by atoms with Crippen LogP contribution in [0, 0.1) is 0 Å². The van der Waals surface area contributed by atoms with E-state index in [1.165, 1.54) is 0 Å². The maximum Gasteiger partial charge on any atom is 0.108 e. The Labute approximate surface area is 71.8 Å². The maximum absolute atomic E-state index is 9.33. The van der Waals surface area contributed by atoms with Gasteiger partial charge in [-0.2, -0.15) is 5.10 Å². The molecule has 1 atom stereocenters. The predicted molar refractivity (Wildman–Crippen MR) is 46.7 cm³/mol. The minimum Gasteiger partial charge on any atom is -0.385 e. The quantitative estimate of drug-likeness (QED) is 0.617. The fourth-order valence-electron chi connectivity index (χ4n) is 0.946. The van der Waals surface area contributed by atoms with Crippen LogP contribution in [0.15, 0.2) is 6.07 Å². The second-order valence-corrected chi connectivity index (χ2v) is 3.15. The Morgan fingerprint density at radius 3 is 2.75 bits per heavy atom. The standard InChI is InChI=1S/C8H15N3O/c1-5(2)6-3-7(11-10-6)8(12)4-9/h3,5,8,12H,4,9H2,1-2H3,(H,10,11). The first-order valence-electron chi connectivity index (χ1n) is 4.08. The molecular formula is C8H15N3O. The average molecular weight is 169 g/mol. The van der Waals surface area contributed by atoms with Gasteiger partial charge in [0.15, 0.2) is 0 Å². The molecule has 0 radical (unpaired) electrons. The summed E-state index contributed by atoms with van der Waals surface area (Å²) >= 11 is 0. The summed E-state index contributed by atoms with van der Waals surface area (Å²) in [6.45, 7) is 4.32. The van der Waals surface area contributed by atoms with Gasteiger partial charge in [-0.25, -0.2) is 0 Å². The molecule has 1 heterocycles. The van der Waals surface area contributed by atoms with Crippen molar-refractivity contribution in [3.63, 3.8) is 0 Å². The largest absolute Gasteiger partial charge is 0.385 e. The summed E-state index contributed by atoms with van der Waals surface area (Å²) in [6, 6.07) is 1.85. The molecule has 1 aromatic heterocycles. The zero-order chi connectivity index (χ0) is 9.14. The lowest BCUT2D eigenvalue weighted by Gasteiger charge is -2.02. The SMILES string of the molecule is CC(C)c1cc(C(O)CN)[nH]n1. The van der Waals surface area contributed by atoms with Gasteiger partial charge in [0, 0.05) is 6.54 Å². The first-order chi connectivity index (χ1) is 5.65. The van der Waals surface area contributed by atoms with E-state index in [0.717, 1.165) is 5.69 Å². The first kappa shape index (κ1) is 9.22. The lowest BCUT2D eigenvalue weighted by atomic mass is 10.1. The number of H-pyrrole nitrogens is 1. The third-order valence-electron chi connectivity index (χ3n) is 1.79. The van der Waals surface area contributed by atoms with Gasteiger partial charge in [0.25, 0.3) is 0 Å². The molecule has 0 amide bonds. The maximum atomic E-state index is 9.33. The van der Waals surface area contributed by atoms with Gasteiger partial charge in [-0.1, -0.05) is 13.8 Å². The number of aromatic nitrogens is 2. The number of aliphatic hydroxyl groups excluding tert-OH is 1. The van der Waals surface area contributed by atoms with E-state index in [0.29, 0.717) is 11.6 Å². The smallest absolute Gasteiger partial charge is 0.108 e. The summed E-state index contributed by atoms with van der Waals surface area (Å²) in [5.74, 6) is 0.375. The number of rotatable bonds is 3. The highest BCUT2D eigenvalue weighted by atomic mass is 16.3. The molecule has 4 heteroatoms. The van der Waals surface area contributed by atoms with Crippen LogP contribution < -0.4 is 5.73 Å². The van der Waals surface area contributed by atoms with Crippen LogP contribution in [0.3, 0.4) is 0 Å². The highest BCUT2D eigenvalue weighted by Crippen LogP contribution is 2.15. The molecule has 4 nitrogen and oxygen atoms in total. The lowest BCUT2D eigenvalue weighted by molar-refractivity contribution is 0.182. The van der Waals surface area contributed by atoms with Crippen molar-refractivity contribution in [2.45, 2.75) is 25.9 Å². The topological polar surface area (TPSA) is 74.9 Å². The fraction of sp³-hybridized carbons (Fsp3) is 0.625. The van der Waals surface area contributed by atoms with Gasteiger partial charge in [0.05, 0.1) is 11.4 Å². The normalized spacial score (nSPS) is 13.8. The minimum atomic E-state index is -0.620. The van der Waals surface area contributed by atoms with E-state index in [1.54, 1.807) is 0 Å². The molecule has 0 aliphatic rings. The Bertz CT molecular complexity index is 244. The minimum absolute atomic E-state index is 0.222. The van der Waals surface area contributed by atoms with Crippen molar-refractivity contribution in [3.8, 4) is 0 Å². The van der Waals surface area contributed by atoms with Crippen LogP contribution in [-0.2, 0) is 0 Å². The predicted octanol–water partition coefficient (Wildman–Crippen LogP) is 0.525. The summed E-state index contributed by atoms with van der Waals surface area (Å²) in [5, 5.41) is 16.1. The van der Waals surface area contributed by atoms with E-state index in [9.17, 15) is 5.11 Å². The number of nitrogens with zero attached hydrogens (tertiary/aromatic N) is 1. The van der Waals surface area contributed by atoms with Gasteiger partial charge >= 0.3 is 0 Å². The molecule has 1 aromatic rings. The van der Waals surface area contributed by atoms with E-state index in [4.69, 9.17) is 5.73 Å². The zero-order valence-electron chi connectivity index (χ0n) is 7.41.